The van der Waals surface area contributed by atoms with Crippen molar-refractivity contribution in [1.29, 1.82) is 0 Å². The minimum atomic E-state index is -2.37. The zero-order chi connectivity index (χ0) is 12.2. The van der Waals surface area contributed by atoms with E-state index in [-0.39, 0.29) is 0 Å². The van der Waals surface area contributed by atoms with E-state index in [1.54, 1.807) is 0 Å². The highest BCUT2D eigenvalue weighted by atomic mass is 28.4. The van der Waals surface area contributed by atoms with Crippen LogP contribution >= 0.6 is 0 Å². The van der Waals surface area contributed by atoms with Gasteiger partial charge in [-0.1, -0.05) is 0 Å². The van der Waals surface area contributed by atoms with E-state index in [1.165, 1.54) is 0 Å². The molecule has 1 unspecified atom stereocenters. The van der Waals surface area contributed by atoms with Crippen molar-refractivity contribution in [2.24, 2.45) is 0 Å². The molecule has 96 valence electrons. The van der Waals surface area contributed by atoms with Crippen molar-refractivity contribution in [2.45, 2.75) is 44.8 Å². The van der Waals surface area contributed by atoms with Gasteiger partial charge in [-0.3, -0.25) is 0 Å². The third-order valence-electron chi connectivity index (χ3n) is 2.30. The molecule has 4 nitrogen and oxygen atoms in total. The molecule has 0 bridgehead atoms. The summed E-state index contributed by atoms with van der Waals surface area (Å²) in [4.78, 5) is 9.74. The van der Waals surface area contributed by atoms with E-state index in [1.807, 2.05) is 13.1 Å². The Kier molecular flexibility index (Phi) is 5.15. The predicted molar refractivity (Wildman–Crippen MR) is 68.3 cm³/mol. The first-order chi connectivity index (χ1) is 7.29. The summed E-state index contributed by atoms with van der Waals surface area (Å²) in [5, 5.41) is 0. The summed E-state index contributed by atoms with van der Waals surface area (Å²) in [7, 11) is -4.07. The molecule has 0 aromatic rings. The lowest BCUT2D eigenvalue weighted by atomic mass is 10.5. The quantitative estimate of drug-likeness (QED) is 0.412. The minimum Gasteiger partial charge on any atom is -0.436 e. The van der Waals surface area contributed by atoms with Crippen LogP contribution in [0.25, 0.3) is 0 Å². The van der Waals surface area contributed by atoms with Crippen LogP contribution in [0.4, 0.5) is 0 Å². The Bertz CT molecular complexity index is 211. The maximum atomic E-state index is 9.74. The van der Waals surface area contributed by atoms with Crippen LogP contribution in [0.5, 0.6) is 0 Å². The molecule has 1 heterocycles. The van der Waals surface area contributed by atoms with Crippen LogP contribution in [-0.2, 0) is 13.6 Å². The minimum absolute atomic E-state index is 0.352. The van der Waals surface area contributed by atoms with Crippen LogP contribution in [0.2, 0.25) is 32.2 Å². The lowest BCUT2D eigenvalue weighted by Gasteiger charge is -2.29. The van der Waals surface area contributed by atoms with Crippen LogP contribution in [0, 0.1) is 0 Å². The molecular formula is C10H24O4Si2. The van der Waals surface area contributed by atoms with Gasteiger partial charge in [0, 0.05) is 6.61 Å². The van der Waals surface area contributed by atoms with Gasteiger partial charge in [-0.2, -0.15) is 0 Å². The van der Waals surface area contributed by atoms with E-state index in [9.17, 15) is 4.80 Å². The lowest BCUT2D eigenvalue weighted by molar-refractivity contribution is 0.116. The fourth-order valence-electron chi connectivity index (χ4n) is 1.71. The highest BCUT2D eigenvalue weighted by molar-refractivity contribution is 6.81. The van der Waals surface area contributed by atoms with Gasteiger partial charge < -0.3 is 18.4 Å². The second-order valence-corrected chi connectivity index (χ2v) is 13.2. The number of hydrogen-bond acceptors (Lipinski definition) is 4. The molecule has 0 spiro atoms. The van der Waals surface area contributed by atoms with Gasteiger partial charge in [-0.05, 0) is 38.7 Å². The Morgan fingerprint density at radius 1 is 1.31 bits per heavy atom. The van der Waals surface area contributed by atoms with Crippen molar-refractivity contribution in [3.05, 3.63) is 0 Å². The second-order valence-electron chi connectivity index (χ2n) is 5.44. The van der Waals surface area contributed by atoms with Gasteiger partial charge in [-0.15, -0.1) is 0 Å². The standard InChI is InChI=1S/C10H24O4Si2/c1-15(2,14-16(3,4)11)7-5-6-12-8-10-9-13-10/h10-11H,5-9H2,1-4H3. The molecule has 1 rings (SSSR count). The molecule has 1 atom stereocenters. The van der Waals surface area contributed by atoms with Crippen molar-refractivity contribution in [1.82, 2.24) is 0 Å². The first kappa shape index (κ1) is 14.3. The van der Waals surface area contributed by atoms with E-state index < -0.39 is 16.9 Å². The summed E-state index contributed by atoms with van der Waals surface area (Å²) in [6.45, 7) is 10.3. The highest BCUT2D eigenvalue weighted by Gasteiger charge is 2.31. The summed E-state index contributed by atoms with van der Waals surface area (Å²) in [6, 6.07) is 1.04. The first-order valence-electron chi connectivity index (χ1n) is 5.90. The Labute approximate surface area is 100 Å². The van der Waals surface area contributed by atoms with Gasteiger partial charge in [-0.25, -0.2) is 0 Å². The van der Waals surface area contributed by atoms with Crippen molar-refractivity contribution >= 4 is 16.9 Å². The van der Waals surface area contributed by atoms with Crippen LogP contribution in [0.15, 0.2) is 0 Å². The van der Waals surface area contributed by atoms with E-state index in [0.29, 0.717) is 6.10 Å². The van der Waals surface area contributed by atoms with Gasteiger partial charge in [0.15, 0.2) is 8.32 Å². The SMILES string of the molecule is C[Si](C)(O)O[Si](C)(C)CCCOCC1CO1. The molecule has 1 saturated heterocycles. The number of rotatable bonds is 8. The van der Waals surface area contributed by atoms with Crippen LogP contribution in [-0.4, -0.2) is 47.6 Å². The zero-order valence-corrected chi connectivity index (χ0v) is 12.8. The predicted octanol–water partition coefficient (Wildman–Crippen LogP) is 1.71. The largest absolute Gasteiger partial charge is 0.436 e. The molecular weight excluding hydrogens is 240 g/mol. The molecule has 0 amide bonds. The summed E-state index contributed by atoms with van der Waals surface area (Å²) >= 11 is 0. The van der Waals surface area contributed by atoms with Gasteiger partial charge in [0.2, 0.25) is 0 Å². The number of ether oxygens (including phenoxy) is 2. The van der Waals surface area contributed by atoms with Gasteiger partial charge in [0.1, 0.15) is 6.10 Å². The summed E-state index contributed by atoms with van der Waals surface area (Å²) < 4.78 is 16.3. The van der Waals surface area contributed by atoms with Crippen LogP contribution < -0.4 is 0 Å². The molecule has 0 aromatic heterocycles. The Balaban J connectivity index is 2.04. The van der Waals surface area contributed by atoms with Crippen molar-refractivity contribution < 1.29 is 18.4 Å². The third kappa shape index (κ3) is 7.53. The molecule has 16 heavy (non-hydrogen) atoms. The van der Waals surface area contributed by atoms with E-state index in [0.717, 1.165) is 32.3 Å². The first-order valence-corrected chi connectivity index (χ1v) is 11.9. The molecule has 0 aromatic carbocycles. The molecule has 1 aliphatic heterocycles. The molecule has 0 saturated carbocycles. The maximum absolute atomic E-state index is 9.74. The summed E-state index contributed by atoms with van der Waals surface area (Å²) in [6.07, 6.45) is 1.36. The summed E-state index contributed by atoms with van der Waals surface area (Å²) in [5.74, 6) is 0. The monoisotopic (exact) mass is 264 g/mol. The normalized spacial score (nSPS) is 21.2. The smallest absolute Gasteiger partial charge is 0.318 e. The van der Waals surface area contributed by atoms with Crippen LogP contribution in [0.3, 0.4) is 0 Å². The van der Waals surface area contributed by atoms with Crippen molar-refractivity contribution in [2.75, 3.05) is 19.8 Å². The molecule has 1 N–H and O–H groups in total. The summed E-state index contributed by atoms with van der Waals surface area (Å²) in [5.41, 5.74) is 0. The maximum Gasteiger partial charge on any atom is 0.318 e. The molecule has 0 aliphatic carbocycles. The number of epoxide rings is 1. The Hall–Kier alpha value is 0.274. The Morgan fingerprint density at radius 2 is 1.94 bits per heavy atom. The number of hydrogen-bond donors (Lipinski definition) is 1. The van der Waals surface area contributed by atoms with Crippen LogP contribution in [0.1, 0.15) is 6.42 Å². The molecule has 1 aliphatic rings. The fraction of sp³-hybridized carbons (Fsp3) is 1.00. The van der Waals surface area contributed by atoms with Gasteiger partial charge >= 0.3 is 8.56 Å². The highest BCUT2D eigenvalue weighted by Crippen LogP contribution is 2.18. The van der Waals surface area contributed by atoms with Crippen molar-refractivity contribution in [3.63, 3.8) is 0 Å². The average Bonchev–Trinajstić information content (AvgIpc) is 2.82. The third-order valence-corrected chi connectivity index (χ3v) is 8.07. The molecule has 0 radical (unpaired) electrons. The lowest BCUT2D eigenvalue weighted by Crippen LogP contribution is -2.44. The van der Waals surface area contributed by atoms with Crippen molar-refractivity contribution in [3.8, 4) is 0 Å². The topological polar surface area (TPSA) is 51.2 Å². The zero-order valence-electron chi connectivity index (χ0n) is 10.8. The fourth-order valence-corrected chi connectivity index (χ4v) is 8.52. The van der Waals surface area contributed by atoms with E-state index in [2.05, 4.69) is 13.1 Å². The molecule has 6 heteroatoms. The van der Waals surface area contributed by atoms with E-state index in [4.69, 9.17) is 13.6 Å². The second kappa shape index (κ2) is 5.74. The average molecular weight is 264 g/mol. The van der Waals surface area contributed by atoms with Gasteiger partial charge in [0.25, 0.3) is 0 Å². The van der Waals surface area contributed by atoms with Gasteiger partial charge in [0.05, 0.1) is 13.2 Å². The molecule has 1 fully saturated rings. The van der Waals surface area contributed by atoms with E-state index >= 15 is 0 Å². The Morgan fingerprint density at radius 3 is 2.44 bits per heavy atom.